The van der Waals surface area contributed by atoms with Crippen LogP contribution in [0.4, 0.5) is 10.1 Å². The van der Waals surface area contributed by atoms with E-state index in [1.165, 1.54) is 12.1 Å². The highest BCUT2D eigenvalue weighted by Crippen LogP contribution is 2.40. The minimum Gasteiger partial charge on any atom is -0.451 e. The van der Waals surface area contributed by atoms with Crippen molar-refractivity contribution < 1.29 is 19.2 Å². The van der Waals surface area contributed by atoms with Crippen molar-refractivity contribution in [3.63, 3.8) is 0 Å². The van der Waals surface area contributed by atoms with Gasteiger partial charge in [0.1, 0.15) is 0 Å². The number of nitrogens with zero attached hydrogens (tertiary/aromatic N) is 1. The van der Waals surface area contributed by atoms with E-state index in [-0.39, 0.29) is 33.8 Å². The van der Waals surface area contributed by atoms with Gasteiger partial charge in [-0.3, -0.25) is 10.1 Å². The van der Waals surface area contributed by atoms with E-state index in [0.29, 0.717) is 5.56 Å². The third-order valence-electron chi connectivity index (χ3n) is 2.58. The normalized spacial score (nSPS) is 10.5. The van der Waals surface area contributed by atoms with E-state index in [2.05, 4.69) is 0 Å². The van der Waals surface area contributed by atoms with Crippen LogP contribution in [0.2, 0.25) is 10.0 Å². The molecule has 0 aliphatic heterocycles. The van der Waals surface area contributed by atoms with Crippen LogP contribution in [-0.4, -0.2) is 10.0 Å². The third-order valence-corrected chi connectivity index (χ3v) is 3.15. The fourth-order valence-corrected chi connectivity index (χ4v) is 2.14. The number of aliphatic hydroxyl groups excluding tert-OH is 1. The predicted molar refractivity (Wildman–Crippen MR) is 75.5 cm³/mol. The smallest absolute Gasteiger partial charge is 0.272 e. The Balaban J connectivity index is 2.38. The number of hydrogen-bond acceptors (Lipinski definition) is 4. The van der Waals surface area contributed by atoms with Gasteiger partial charge < -0.3 is 9.84 Å². The fraction of sp³-hybridized carbons (Fsp3) is 0.0769. The molecule has 0 amide bonds. The summed E-state index contributed by atoms with van der Waals surface area (Å²) in [6.45, 7) is -0.309. The molecule has 2 aromatic carbocycles. The average Bonchev–Trinajstić information content (AvgIpc) is 2.43. The van der Waals surface area contributed by atoms with Gasteiger partial charge in [0.05, 0.1) is 21.6 Å². The van der Waals surface area contributed by atoms with Gasteiger partial charge in [-0.2, -0.15) is 0 Å². The van der Waals surface area contributed by atoms with Crippen molar-refractivity contribution >= 4 is 28.9 Å². The van der Waals surface area contributed by atoms with Crippen LogP contribution in [0.5, 0.6) is 11.5 Å². The molecule has 2 aromatic rings. The molecule has 0 radical (unpaired) electrons. The summed E-state index contributed by atoms with van der Waals surface area (Å²) >= 11 is 11.7. The van der Waals surface area contributed by atoms with E-state index >= 15 is 0 Å². The first-order valence-electron chi connectivity index (χ1n) is 5.63. The van der Waals surface area contributed by atoms with Crippen LogP contribution in [0.3, 0.4) is 0 Å². The molecule has 0 bridgehead atoms. The maximum Gasteiger partial charge on any atom is 0.272 e. The van der Waals surface area contributed by atoms with Crippen LogP contribution in [0.15, 0.2) is 30.3 Å². The molecule has 0 atom stereocenters. The monoisotopic (exact) mass is 331 g/mol. The lowest BCUT2D eigenvalue weighted by atomic mass is 10.2. The first kappa shape index (κ1) is 15.5. The van der Waals surface area contributed by atoms with E-state index in [0.717, 1.165) is 18.2 Å². The highest BCUT2D eigenvalue weighted by Gasteiger charge is 2.17. The highest BCUT2D eigenvalue weighted by atomic mass is 35.5. The number of ether oxygens (including phenoxy) is 1. The molecule has 0 unspecified atom stereocenters. The number of nitro benzene ring substituents is 1. The van der Waals surface area contributed by atoms with Crippen molar-refractivity contribution in [2.75, 3.05) is 0 Å². The molecule has 0 saturated heterocycles. The van der Waals surface area contributed by atoms with Crippen molar-refractivity contribution in [2.45, 2.75) is 6.61 Å². The molecule has 0 spiro atoms. The molecule has 0 saturated carbocycles. The van der Waals surface area contributed by atoms with Gasteiger partial charge in [0.25, 0.3) is 5.69 Å². The van der Waals surface area contributed by atoms with Gasteiger partial charge in [0, 0.05) is 12.1 Å². The van der Waals surface area contributed by atoms with Crippen LogP contribution in [0.25, 0.3) is 0 Å². The van der Waals surface area contributed by atoms with Gasteiger partial charge in [-0.1, -0.05) is 29.3 Å². The Morgan fingerprint density at radius 1 is 1.24 bits per heavy atom. The molecule has 0 fully saturated rings. The first-order chi connectivity index (χ1) is 9.92. The minimum absolute atomic E-state index is 0.0837. The molecule has 5 nitrogen and oxygen atoms in total. The highest BCUT2D eigenvalue weighted by molar-refractivity contribution is 6.37. The molecule has 110 valence electrons. The van der Waals surface area contributed by atoms with Gasteiger partial charge in [-0.25, -0.2) is 4.39 Å². The Bertz CT molecular complexity index is 686. The Labute approximate surface area is 128 Å². The van der Waals surface area contributed by atoms with Crippen molar-refractivity contribution in [2.24, 2.45) is 0 Å². The average molecular weight is 332 g/mol. The van der Waals surface area contributed by atoms with Crippen LogP contribution in [0, 0.1) is 15.9 Å². The Morgan fingerprint density at radius 3 is 2.33 bits per heavy atom. The van der Waals surface area contributed by atoms with Crippen molar-refractivity contribution in [1.29, 1.82) is 0 Å². The number of halogens is 3. The van der Waals surface area contributed by atoms with Crippen molar-refractivity contribution in [3.8, 4) is 11.5 Å². The van der Waals surface area contributed by atoms with Crippen LogP contribution >= 0.6 is 23.2 Å². The van der Waals surface area contributed by atoms with Crippen LogP contribution in [0.1, 0.15) is 5.56 Å². The SMILES string of the molecule is O=[N+]([O-])c1cc(Cl)c(Oc2ccc(CO)cc2F)c(Cl)c1. The summed E-state index contributed by atoms with van der Waals surface area (Å²) in [4.78, 5) is 10.0. The summed E-state index contributed by atoms with van der Waals surface area (Å²) in [6, 6.07) is 5.98. The first-order valence-corrected chi connectivity index (χ1v) is 6.38. The zero-order chi connectivity index (χ0) is 15.6. The summed E-state index contributed by atoms with van der Waals surface area (Å²) in [7, 11) is 0. The molecule has 0 aliphatic rings. The molecule has 0 aromatic heterocycles. The molecular formula is C13H8Cl2FNO4. The van der Waals surface area contributed by atoms with Crippen molar-refractivity contribution in [3.05, 3.63) is 61.9 Å². The number of nitro groups is 1. The quantitative estimate of drug-likeness (QED) is 0.668. The van der Waals surface area contributed by atoms with E-state index < -0.39 is 10.7 Å². The third kappa shape index (κ3) is 3.41. The molecule has 21 heavy (non-hydrogen) atoms. The summed E-state index contributed by atoms with van der Waals surface area (Å²) in [5.74, 6) is -0.962. The van der Waals surface area contributed by atoms with E-state index in [1.807, 2.05) is 0 Å². The molecule has 2 rings (SSSR count). The number of non-ortho nitro benzene ring substituents is 1. The van der Waals surface area contributed by atoms with Gasteiger partial charge in [-0.05, 0) is 17.7 Å². The second kappa shape index (κ2) is 6.26. The second-order valence-corrected chi connectivity index (χ2v) is 4.84. The molecular weight excluding hydrogens is 324 g/mol. The molecule has 0 heterocycles. The molecule has 8 heteroatoms. The van der Waals surface area contributed by atoms with Gasteiger partial charge in [-0.15, -0.1) is 0 Å². The lowest BCUT2D eigenvalue weighted by molar-refractivity contribution is -0.384. The van der Waals surface area contributed by atoms with Gasteiger partial charge >= 0.3 is 0 Å². The Hall–Kier alpha value is -1.89. The number of aliphatic hydroxyl groups is 1. The largest absolute Gasteiger partial charge is 0.451 e. The predicted octanol–water partition coefficient (Wildman–Crippen LogP) is 4.33. The number of benzene rings is 2. The van der Waals surface area contributed by atoms with E-state index in [9.17, 15) is 14.5 Å². The standard InChI is InChI=1S/C13H8Cl2FNO4/c14-9-4-8(17(19)20)5-10(15)13(9)21-12-2-1-7(6-18)3-11(12)16/h1-5,18H,6H2. The van der Waals surface area contributed by atoms with Crippen LogP contribution < -0.4 is 4.74 Å². The van der Waals surface area contributed by atoms with Crippen molar-refractivity contribution in [1.82, 2.24) is 0 Å². The maximum absolute atomic E-state index is 13.8. The maximum atomic E-state index is 13.8. The number of rotatable bonds is 4. The van der Waals surface area contributed by atoms with E-state index in [1.54, 1.807) is 0 Å². The summed E-state index contributed by atoms with van der Waals surface area (Å²) in [5.41, 5.74) is 0.0780. The topological polar surface area (TPSA) is 72.6 Å². The minimum atomic E-state index is -0.716. The molecule has 0 aliphatic carbocycles. The van der Waals surface area contributed by atoms with E-state index in [4.69, 9.17) is 33.0 Å². The summed E-state index contributed by atoms with van der Waals surface area (Å²) in [5, 5.41) is 19.3. The summed E-state index contributed by atoms with van der Waals surface area (Å²) < 4.78 is 19.0. The fourth-order valence-electron chi connectivity index (χ4n) is 1.58. The lowest BCUT2D eigenvalue weighted by Gasteiger charge is -2.10. The Morgan fingerprint density at radius 2 is 1.86 bits per heavy atom. The van der Waals surface area contributed by atoms with Crippen LogP contribution in [-0.2, 0) is 6.61 Å². The zero-order valence-electron chi connectivity index (χ0n) is 10.3. The molecule has 1 N–H and O–H groups in total. The summed E-state index contributed by atoms with van der Waals surface area (Å²) in [6.07, 6.45) is 0. The second-order valence-electron chi connectivity index (χ2n) is 4.02. The van der Waals surface area contributed by atoms with Gasteiger partial charge in [0.2, 0.25) is 0 Å². The number of hydrogen-bond donors (Lipinski definition) is 1. The Kier molecular flexibility index (Phi) is 4.62. The zero-order valence-corrected chi connectivity index (χ0v) is 11.9. The lowest BCUT2D eigenvalue weighted by Crippen LogP contribution is -1.94. The van der Waals surface area contributed by atoms with Gasteiger partial charge in [0.15, 0.2) is 17.3 Å².